The van der Waals surface area contributed by atoms with Gasteiger partial charge in [0.15, 0.2) is 0 Å². The van der Waals surface area contributed by atoms with E-state index in [-0.39, 0.29) is 5.91 Å². The van der Waals surface area contributed by atoms with Crippen LogP contribution in [-0.2, 0) is 11.2 Å². The molecule has 104 valence electrons. The number of hydrogen-bond donors (Lipinski definition) is 2. The molecule has 0 spiro atoms. The lowest BCUT2D eigenvalue weighted by atomic mass is 10.0. The van der Waals surface area contributed by atoms with Crippen LogP contribution in [-0.4, -0.2) is 5.91 Å². The summed E-state index contributed by atoms with van der Waals surface area (Å²) in [6, 6.07) is 15.4. The summed E-state index contributed by atoms with van der Waals surface area (Å²) >= 11 is 0. The molecule has 1 amide bonds. The molecule has 0 aliphatic rings. The summed E-state index contributed by atoms with van der Waals surface area (Å²) in [5.41, 5.74) is 9.39. The lowest BCUT2D eigenvalue weighted by Crippen LogP contribution is -2.15. The highest BCUT2D eigenvalue weighted by Crippen LogP contribution is 2.19. The van der Waals surface area contributed by atoms with Gasteiger partial charge in [-0.3, -0.25) is 4.79 Å². The summed E-state index contributed by atoms with van der Waals surface area (Å²) in [7, 11) is 0. The average Bonchev–Trinajstić information content (AvgIpc) is 2.41. The Bertz CT molecular complexity index is 605. The van der Waals surface area contributed by atoms with Gasteiger partial charge in [-0.15, -0.1) is 0 Å². The number of para-hydroxylation sites is 1. The summed E-state index contributed by atoms with van der Waals surface area (Å²) < 4.78 is 0. The second-order valence-electron chi connectivity index (χ2n) is 5.20. The molecule has 20 heavy (non-hydrogen) atoms. The van der Waals surface area contributed by atoms with Crippen molar-refractivity contribution < 1.29 is 4.79 Å². The van der Waals surface area contributed by atoms with Crippen LogP contribution < -0.4 is 11.1 Å². The number of hydrogen-bond acceptors (Lipinski definition) is 2. The van der Waals surface area contributed by atoms with Crippen molar-refractivity contribution in [3.8, 4) is 0 Å². The summed E-state index contributed by atoms with van der Waals surface area (Å²) in [6.45, 7) is 4.26. The molecule has 0 aromatic heterocycles. The highest BCUT2D eigenvalue weighted by molar-refractivity contribution is 5.93. The van der Waals surface area contributed by atoms with E-state index in [1.54, 1.807) is 0 Å². The molecule has 0 fully saturated rings. The first-order valence-electron chi connectivity index (χ1n) is 6.79. The Morgan fingerprint density at radius 2 is 1.90 bits per heavy atom. The molecule has 0 atom stereocenters. The molecule has 0 radical (unpaired) electrons. The molecule has 0 aliphatic heterocycles. The third-order valence-electron chi connectivity index (χ3n) is 3.24. The van der Waals surface area contributed by atoms with Crippen LogP contribution in [0.3, 0.4) is 0 Å². The van der Waals surface area contributed by atoms with Crippen LogP contribution in [0.4, 0.5) is 11.4 Å². The van der Waals surface area contributed by atoms with Crippen LogP contribution in [0.25, 0.3) is 0 Å². The molecular formula is C17H20N2O. The van der Waals surface area contributed by atoms with Gasteiger partial charge >= 0.3 is 0 Å². The number of carbonyl (C=O) groups excluding carboxylic acids is 1. The Balaban J connectivity index is 2.05. The minimum Gasteiger partial charge on any atom is -0.398 e. The summed E-state index contributed by atoms with van der Waals surface area (Å²) in [6.07, 6.45) is 0.290. The zero-order valence-electron chi connectivity index (χ0n) is 11.9. The topological polar surface area (TPSA) is 55.1 Å². The van der Waals surface area contributed by atoms with E-state index >= 15 is 0 Å². The van der Waals surface area contributed by atoms with Gasteiger partial charge in [-0.2, -0.15) is 0 Å². The van der Waals surface area contributed by atoms with Gasteiger partial charge in [-0.05, 0) is 35.2 Å². The zero-order chi connectivity index (χ0) is 14.5. The van der Waals surface area contributed by atoms with E-state index in [1.165, 1.54) is 5.56 Å². The molecular weight excluding hydrogens is 248 g/mol. The van der Waals surface area contributed by atoms with E-state index in [4.69, 9.17) is 5.73 Å². The van der Waals surface area contributed by atoms with Gasteiger partial charge in [0.2, 0.25) is 5.91 Å². The highest BCUT2D eigenvalue weighted by atomic mass is 16.1. The van der Waals surface area contributed by atoms with Crippen molar-refractivity contribution >= 4 is 17.3 Å². The number of nitrogens with two attached hydrogens (primary N) is 1. The number of nitrogen functional groups attached to an aromatic ring is 1. The molecule has 0 saturated carbocycles. The average molecular weight is 268 g/mol. The minimum atomic E-state index is -0.0520. The molecule has 0 bridgehead atoms. The lowest BCUT2D eigenvalue weighted by Gasteiger charge is -2.10. The quantitative estimate of drug-likeness (QED) is 0.833. The number of anilines is 2. The molecule has 2 rings (SSSR count). The van der Waals surface area contributed by atoms with Crippen LogP contribution in [0.1, 0.15) is 30.9 Å². The Morgan fingerprint density at radius 1 is 1.15 bits per heavy atom. The number of nitrogens with one attached hydrogen (secondary N) is 1. The van der Waals surface area contributed by atoms with Crippen LogP contribution in [0.5, 0.6) is 0 Å². The fraction of sp³-hybridized carbons (Fsp3) is 0.235. The first-order chi connectivity index (χ1) is 9.56. The second kappa shape index (κ2) is 6.24. The van der Waals surface area contributed by atoms with Gasteiger partial charge in [-0.25, -0.2) is 0 Å². The van der Waals surface area contributed by atoms with E-state index in [9.17, 15) is 4.79 Å². The van der Waals surface area contributed by atoms with Gasteiger partial charge in [0.1, 0.15) is 0 Å². The minimum absolute atomic E-state index is 0.0520. The normalized spacial score (nSPS) is 10.6. The van der Waals surface area contributed by atoms with Crippen molar-refractivity contribution in [1.29, 1.82) is 0 Å². The molecule has 0 heterocycles. The molecule has 0 saturated heterocycles. The van der Waals surface area contributed by atoms with Crippen LogP contribution >= 0.6 is 0 Å². The van der Waals surface area contributed by atoms with Crippen molar-refractivity contribution in [2.45, 2.75) is 26.2 Å². The first-order valence-corrected chi connectivity index (χ1v) is 6.79. The summed E-state index contributed by atoms with van der Waals surface area (Å²) in [5.74, 6) is 0.389. The SMILES string of the molecule is CC(C)c1cccc(NC(=O)Cc2ccccc2N)c1. The molecule has 0 aliphatic carbocycles. The number of amides is 1. The predicted octanol–water partition coefficient (Wildman–Crippen LogP) is 3.57. The first kappa shape index (κ1) is 14.1. The summed E-state index contributed by atoms with van der Waals surface area (Å²) in [4.78, 5) is 12.0. The highest BCUT2D eigenvalue weighted by Gasteiger charge is 2.07. The molecule has 3 heteroatoms. The van der Waals surface area contributed by atoms with Gasteiger partial charge < -0.3 is 11.1 Å². The molecule has 0 unspecified atom stereocenters. The zero-order valence-corrected chi connectivity index (χ0v) is 11.9. The van der Waals surface area contributed by atoms with Crippen molar-refractivity contribution in [3.05, 3.63) is 59.7 Å². The van der Waals surface area contributed by atoms with E-state index in [0.29, 0.717) is 18.0 Å². The van der Waals surface area contributed by atoms with Crippen LogP contribution in [0.2, 0.25) is 0 Å². The Kier molecular flexibility index (Phi) is 4.41. The number of benzene rings is 2. The maximum atomic E-state index is 12.0. The standard InChI is InChI=1S/C17H20N2O/c1-12(2)13-7-5-8-15(10-13)19-17(20)11-14-6-3-4-9-16(14)18/h3-10,12H,11,18H2,1-2H3,(H,19,20). The smallest absolute Gasteiger partial charge is 0.228 e. The number of rotatable bonds is 4. The fourth-order valence-corrected chi connectivity index (χ4v) is 2.05. The van der Waals surface area contributed by atoms with E-state index < -0.39 is 0 Å². The van der Waals surface area contributed by atoms with E-state index in [0.717, 1.165) is 11.3 Å². The molecule has 2 aromatic rings. The Hall–Kier alpha value is -2.29. The maximum Gasteiger partial charge on any atom is 0.228 e. The van der Waals surface area contributed by atoms with Crippen molar-refractivity contribution in [3.63, 3.8) is 0 Å². The van der Waals surface area contributed by atoms with Gasteiger partial charge in [0.05, 0.1) is 6.42 Å². The van der Waals surface area contributed by atoms with Gasteiger partial charge in [0, 0.05) is 11.4 Å². The van der Waals surface area contributed by atoms with Crippen molar-refractivity contribution in [2.24, 2.45) is 0 Å². The van der Waals surface area contributed by atoms with Crippen molar-refractivity contribution in [1.82, 2.24) is 0 Å². The largest absolute Gasteiger partial charge is 0.398 e. The monoisotopic (exact) mass is 268 g/mol. The van der Waals surface area contributed by atoms with E-state index in [1.807, 2.05) is 42.5 Å². The molecule has 2 aromatic carbocycles. The molecule has 3 nitrogen and oxygen atoms in total. The Morgan fingerprint density at radius 3 is 2.60 bits per heavy atom. The Labute approximate surface area is 119 Å². The second-order valence-corrected chi connectivity index (χ2v) is 5.20. The third-order valence-corrected chi connectivity index (χ3v) is 3.24. The van der Waals surface area contributed by atoms with Crippen molar-refractivity contribution in [2.75, 3.05) is 11.1 Å². The van der Waals surface area contributed by atoms with Gasteiger partial charge in [-0.1, -0.05) is 44.2 Å². The summed E-state index contributed by atoms with van der Waals surface area (Å²) in [5, 5.41) is 2.92. The number of carbonyl (C=O) groups is 1. The van der Waals surface area contributed by atoms with E-state index in [2.05, 4.69) is 25.2 Å². The molecule has 3 N–H and O–H groups in total. The predicted molar refractivity (Wildman–Crippen MR) is 83.7 cm³/mol. The van der Waals surface area contributed by atoms with Crippen LogP contribution in [0, 0.1) is 0 Å². The van der Waals surface area contributed by atoms with Crippen LogP contribution in [0.15, 0.2) is 48.5 Å². The fourth-order valence-electron chi connectivity index (χ4n) is 2.05. The maximum absolute atomic E-state index is 12.0. The lowest BCUT2D eigenvalue weighted by molar-refractivity contribution is -0.115. The van der Waals surface area contributed by atoms with Gasteiger partial charge in [0.25, 0.3) is 0 Å². The third kappa shape index (κ3) is 3.60.